The number of carbonyl (C=O) groups excluding carboxylic acids is 1. The monoisotopic (exact) mass is 416 g/mol. The van der Waals surface area contributed by atoms with E-state index in [1.165, 1.54) is 0 Å². The number of rotatable bonds is 5. The Labute approximate surface area is 179 Å². The highest BCUT2D eigenvalue weighted by Crippen LogP contribution is 2.59. The van der Waals surface area contributed by atoms with Crippen molar-refractivity contribution in [3.63, 3.8) is 0 Å². The molecule has 5 aliphatic rings. The highest BCUT2D eigenvalue weighted by atomic mass is 35.5. The molecule has 8 heteroatoms. The van der Waals surface area contributed by atoms with Crippen LogP contribution in [0.25, 0.3) is 0 Å². The van der Waals surface area contributed by atoms with Crippen LogP contribution in [0.3, 0.4) is 0 Å². The number of halogens is 1. The lowest BCUT2D eigenvalue weighted by Gasteiger charge is -2.58. The minimum absolute atomic E-state index is 0.0431. The Balaban J connectivity index is 1.33. The van der Waals surface area contributed by atoms with Crippen molar-refractivity contribution in [3.05, 3.63) is 10.7 Å². The number of hydrogen-bond donors (Lipinski definition) is 1. The average molecular weight is 417 g/mol. The van der Waals surface area contributed by atoms with Gasteiger partial charge in [0.1, 0.15) is 16.5 Å². The van der Waals surface area contributed by atoms with Crippen LogP contribution in [-0.4, -0.2) is 65.2 Å². The van der Waals surface area contributed by atoms with Crippen LogP contribution >= 0.6 is 11.6 Å². The van der Waals surface area contributed by atoms with Gasteiger partial charge in [-0.05, 0) is 68.7 Å². The normalized spacial score (nSPS) is 38.7. The van der Waals surface area contributed by atoms with E-state index in [9.17, 15) is 9.90 Å². The van der Waals surface area contributed by atoms with Gasteiger partial charge in [0, 0.05) is 33.1 Å². The summed E-state index contributed by atoms with van der Waals surface area (Å²) in [6.45, 7) is 1.63. The summed E-state index contributed by atoms with van der Waals surface area (Å²) in [5, 5.41) is 15.8. The summed E-state index contributed by atoms with van der Waals surface area (Å²) in [5.41, 5.74) is -0.0710. The summed E-state index contributed by atoms with van der Waals surface area (Å²) < 4.78 is 1.73. The number of Topliss-reactive ketones (excluding diaryl/α,β-unsaturated/α-hetero) is 1. The van der Waals surface area contributed by atoms with Crippen molar-refractivity contribution in [2.24, 2.45) is 30.7 Å². The van der Waals surface area contributed by atoms with Crippen molar-refractivity contribution in [3.8, 4) is 0 Å². The van der Waals surface area contributed by atoms with Gasteiger partial charge in [0.15, 0.2) is 13.8 Å². The number of ketones is 1. The first-order valence-electron chi connectivity index (χ1n) is 10.9. The number of aliphatic hydroxyl groups is 1. The lowest BCUT2D eigenvalue weighted by molar-refractivity contribution is -0.151. The Morgan fingerprint density at radius 1 is 1.34 bits per heavy atom. The topological polar surface area (TPSA) is 61.6 Å². The molecular formula is C21H30BClN4O2. The SMILES string of the molecule is [B]N1CC[C@@H](N(C)c2c(Cl)c(C(=O)CC3C4CC5CC3CC(O)(C5)C4)nn2C)C1. The molecule has 4 bridgehead atoms. The first-order chi connectivity index (χ1) is 13.7. The Hall–Kier alpha value is -1.05. The molecule has 0 amide bonds. The van der Waals surface area contributed by atoms with Gasteiger partial charge in [-0.2, -0.15) is 5.10 Å². The predicted octanol–water partition coefficient (Wildman–Crippen LogP) is 2.43. The standard InChI is InChI=1S/C21H30BClN4O2/c1-25(15-3-4-27(22)11-15)20-18(23)19(24-26(20)2)17(28)7-16-13-5-12-6-14(16)10-21(29,8-12)9-13/h12-16,29H,3-11H2,1-2H3/t12?,13?,14?,15-,16?,21?/m1/s1. The van der Waals surface area contributed by atoms with Crippen LogP contribution < -0.4 is 4.90 Å². The van der Waals surface area contributed by atoms with Crippen molar-refractivity contribution in [2.75, 3.05) is 25.0 Å². The summed E-state index contributed by atoms with van der Waals surface area (Å²) >= 11 is 6.69. The second kappa shape index (κ2) is 6.99. The van der Waals surface area contributed by atoms with Gasteiger partial charge in [-0.15, -0.1) is 0 Å². The van der Waals surface area contributed by atoms with Crippen LogP contribution in [0.15, 0.2) is 0 Å². The molecule has 1 aromatic rings. The molecule has 2 unspecified atom stereocenters. The van der Waals surface area contributed by atoms with E-state index in [1.54, 1.807) is 4.68 Å². The van der Waals surface area contributed by atoms with Crippen molar-refractivity contribution < 1.29 is 9.90 Å². The smallest absolute Gasteiger partial charge is 0.184 e. The lowest BCUT2D eigenvalue weighted by Crippen LogP contribution is -2.54. The third-order valence-corrected chi connectivity index (χ3v) is 8.51. The van der Waals surface area contributed by atoms with Crippen LogP contribution in [0.2, 0.25) is 5.02 Å². The van der Waals surface area contributed by atoms with E-state index in [-0.39, 0.29) is 11.8 Å². The van der Waals surface area contributed by atoms with Crippen molar-refractivity contribution in [1.82, 2.24) is 14.6 Å². The number of aryl methyl sites for hydroxylation is 1. The van der Waals surface area contributed by atoms with E-state index in [4.69, 9.17) is 19.6 Å². The molecule has 0 aromatic carbocycles. The summed E-state index contributed by atoms with van der Waals surface area (Å²) in [7, 11) is 9.77. The van der Waals surface area contributed by atoms with Gasteiger partial charge in [-0.3, -0.25) is 9.48 Å². The second-order valence-electron chi connectivity index (χ2n) is 10.1. The Kier molecular flexibility index (Phi) is 4.80. The van der Waals surface area contributed by atoms with E-state index >= 15 is 0 Å². The van der Waals surface area contributed by atoms with Gasteiger partial charge in [0.05, 0.1) is 5.60 Å². The number of hydrogen-bond acceptors (Lipinski definition) is 5. The number of likely N-dealkylation sites (N-methyl/N-ethyl adjacent to an activating group) is 1. The zero-order chi connectivity index (χ0) is 20.5. The van der Waals surface area contributed by atoms with Gasteiger partial charge in [0.25, 0.3) is 0 Å². The molecule has 2 heterocycles. The van der Waals surface area contributed by atoms with Crippen LogP contribution in [0.5, 0.6) is 0 Å². The Morgan fingerprint density at radius 3 is 2.62 bits per heavy atom. The molecule has 1 aliphatic heterocycles. The Morgan fingerprint density at radius 2 is 2.03 bits per heavy atom. The van der Waals surface area contributed by atoms with Gasteiger partial charge in [-0.25, -0.2) is 0 Å². The van der Waals surface area contributed by atoms with Crippen LogP contribution in [0.4, 0.5) is 5.82 Å². The zero-order valence-corrected chi connectivity index (χ0v) is 18.1. The van der Waals surface area contributed by atoms with Crippen molar-refractivity contribution in [2.45, 2.75) is 56.6 Å². The maximum absolute atomic E-state index is 13.2. The maximum atomic E-state index is 13.2. The van der Waals surface area contributed by atoms with Crippen molar-refractivity contribution in [1.29, 1.82) is 0 Å². The Bertz CT molecular complexity index is 814. The van der Waals surface area contributed by atoms with Gasteiger partial charge in [-0.1, -0.05) is 11.6 Å². The third kappa shape index (κ3) is 3.33. The molecule has 4 aliphatic carbocycles. The lowest BCUT2D eigenvalue weighted by atomic mass is 9.49. The zero-order valence-electron chi connectivity index (χ0n) is 17.4. The molecule has 3 atom stereocenters. The second-order valence-corrected chi connectivity index (χ2v) is 10.5. The fourth-order valence-electron chi connectivity index (χ4n) is 7.04. The highest BCUT2D eigenvalue weighted by Gasteiger charge is 2.54. The molecule has 29 heavy (non-hydrogen) atoms. The molecular weight excluding hydrogens is 387 g/mol. The van der Waals surface area contributed by atoms with E-state index in [1.807, 2.05) is 18.9 Å². The summed E-state index contributed by atoms with van der Waals surface area (Å²) in [6.07, 6.45) is 6.48. The van der Waals surface area contributed by atoms with Gasteiger partial charge >= 0.3 is 0 Å². The molecule has 1 aromatic heterocycles. The minimum Gasteiger partial charge on any atom is -0.390 e. The summed E-state index contributed by atoms with van der Waals surface area (Å²) in [6, 6.07) is 0.265. The van der Waals surface area contributed by atoms with Crippen LogP contribution in [0.1, 0.15) is 55.4 Å². The van der Waals surface area contributed by atoms with E-state index in [0.29, 0.717) is 40.8 Å². The molecule has 1 N–H and O–H groups in total. The van der Waals surface area contributed by atoms with Crippen LogP contribution in [-0.2, 0) is 7.05 Å². The maximum Gasteiger partial charge on any atom is 0.184 e. The quantitative estimate of drug-likeness (QED) is 0.590. The van der Waals surface area contributed by atoms with Crippen molar-refractivity contribution >= 4 is 31.2 Å². The van der Waals surface area contributed by atoms with E-state index < -0.39 is 5.60 Å². The summed E-state index contributed by atoms with van der Waals surface area (Å²) in [5.74, 6) is 2.77. The molecule has 0 spiro atoms. The average Bonchev–Trinajstić information content (AvgIpc) is 3.19. The van der Waals surface area contributed by atoms with E-state index in [0.717, 1.165) is 57.4 Å². The largest absolute Gasteiger partial charge is 0.390 e. The number of carbonyl (C=O) groups is 1. The van der Waals surface area contributed by atoms with Gasteiger partial charge < -0.3 is 14.8 Å². The molecule has 156 valence electrons. The first-order valence-corrected chi connectivity index (χ1v) is 11.3. The fourth-order valence-corrected chi connectivity index (χ4v) is 7.44. The molecule has 6 nitrogen and oxygen atoms in total. The molecule has 2 radical (unpaired) electrons. The molecule has 1 saturated heterocycles. The molecule has 5 fully saturated rings. The van der Waals surface area contributed by atoms with Gasteiger partial charge in [0.2, 0.25) is 0 Å². The first kappa shape index (κ1) is 19.9. The predicted molar refractivity (Wildman–Crippen MR) is 113 cm³/mol. The number of anilines is 1. The third-order valence-electron chi connectivity index (χ3n) is 8.16. The molecule has 6 rings (SSSR count). The highest BCUT2D eigenvalue weighted by molar-refractivity contribution is 6.36. The molecule has 4 saturated carbocycles. The van der Waals surface area contributed by atoms with E-state index in [2.05, 4.69) is 10.00 Å². The number of aromatic nitrogens is 2. The minimum atomic E-state index is -0.466. The van der Waals surface area contributed by atoms with Crippen LogP contribution in [0, 0.1) is 23.7 Å². The summed E-state index contributed by atoms with van der Waals surface area (Å²) in [4.78, 5) is 17.2. The fraction of sp³-hybridized carbons (Fsp3) is 0.810. The number of nitrogens with zero attached hydrogens (tertiary/aromatic N) is 4.